The van der Waals surface area contributed by atoms with Gasteiger partial charge in [-0.1, -0.05) is 36.8 Å². The van der Waals surface area contributed by atoms with E-state index in [1.165, 1.54) is 76.4 Å². The highest BCUT2D eigenvalue weighted by Crippen LogP contribution is 2.45. The van der Waals surface area contributed by atoms with Crippen molar-refractivity contribution in [1.29, 1.82) is 0 Å². The molecule has 3 aliphatic heterocycles. The van der Waals surface area contributed by atoms with Crippen molar-refractivity contribution < 1.29 is 9.33 Å². The molecule has 0 spiro atoms. The molecule has 3 aliphatic rings. The maximum atomic E-state index is 6.27. The van der Waals surface area contributed by atoms with Crippen molar-refractivity contribution in [2.75, 3.05) is 33.3 Å². The van der Waals surface area contributed by atoms with Crippen molar-refractivity contribution in [3.8, 4) is 0 Å². The summed E-state index contributed by atoms with van der Waals surface area (Å²) in [6, 6.07) is 10.7. The third-order valence-corrected chi connectivity index (χ3v) is 7.36. The Morgan fingerprint density at radius 1 is 0.966 bits per heavy atom. The fourth-order valence-corrected chi connectivity index (χ4v) is 5.78. The SMILES string of the molecule is CN(CCCCOC1=CC23CCCCCC[N+]2(CCCC3)N1)Cc1ccccc1. The summed E-state index contributed by atoms with van der Waals surface area (Å²) >= 11 is 0. The zero-order valence-electron chi connectivity index (χ0n) is 18.4. The van der Waals surface area contributed by atoms with E-state index in [4.69, 9.17) is 4.74 Å². The van der Waals surface area contributed by atoms with Gasteiger partial charge < -0.3 is 9.64 Å². The van der Waals surface area contributed by atoms with Crippen LogP contribution in [0.1, 0.15) is 69.8 Å². The number of piperidine rings is 1. The zero-order chi connectivity index (χ0) is 20.0. The van der Waals surface area contributed by atoms with Crippen LogP contribution < -0.4 is 5.43 Å². The van der Waals surface area contributed by atoms with Gasteiger partial charge in [0.25, 0.3) is 0 Å². The monoisotopic (exact) mass is 398 g/mol. The smallest absolute Gasteiger partial charge is 0.235 e. The van der Waals surface area contributed by atoms with Crippen LogP contribution in [0.4, 0.5) is 0 Å². The van der Waals surface area contributed by atoms with Gasteiger partial charge in [-0.3, -0.25) is 0 Å². The highest BCUT2D eigenvalue weighted by Gasteiger charge is 2.56. The first-order chi connectivity index (χ1) is 14.2. The Kier molecular flexibility index (Phi) is 6.81. The first-order valence-electron chi connectivity index (χ1n) is 12.0. The predicted molar refractivity (Wildman–Crippen MR) is 119 cm³/mol. The Bertz CT molecular complexity index is 676. The Hall–Kier alpha value is -1.52. The molecule has 4 heteroatoms. The number of quaternary nitrogens is 1. The molecular formula is C25H40N3O+. The van der Waals surface area contributed by atoms with Crippen LogP contribution in [-0.4, -0.2) is 48.3 Å². The van der Waals surface area contributed by atoms with Gasteiger partial charge in [0, 0.05) is 25.5 Å². The van der Waals surface area contributed by atoms with Gasteiger partial charge in [-0.2, -0.15) is 0 Å². The minimum atomic E-state index is 0.309. The van der Waals surface area contributed by atoms with E-state index in [0.29, 0.717) is 5.54 Å². The van der Waals surface area contributed by atoms with Crippen LogP contribution in [0.25, 0.3) is 0 Å². The van der Waals surface area contributed by atoms with Crippen LogP contribution >= 0.6 is 0 Å². The summed E-state index contributed by atoms with van der Waals surface area (Å²) in [5.41, 5.74) is 5.56. The molecule has 2 unspecified atom stereocenters. The van der Waals surface area contributed by atoms with Crippen LogP contribution in [-0.2, 0) is 11.3 Å². The van der Waals surface area contributed by atoms with E-state index in [0.717, 1.165) is 36.6 Å². The third kappa shape index (κ3) is 4.80. The Morgan fingerprint density at radius 2 is 1.69 bits per heavy atom. The van der Waals surface area contributed by atoms with E-state index in [1.54, 1.807) is 0 Å². The van der Waals surface area contributed by atoms with Gasteiger partial charge in [-0.25, -0.2) is 10.0 Å². The second kappa shape index (κ2) is 9.53. The minimum absolute atomic E-state index is 0.309. The van der Waals surface area contributed by atoms with Gasteiger partial charge >= 0.3 is 0 Å². The quantitative estimate of drug-likeness (QED) is 0.494. The summed E-state index contributed by atoms with van der Waals surface area (Å²) in [7, 11) is 2.21. The first-order valence-corrected chi connectivity index (χ1v) is 12.0. The largest absolute Gasteiger partial charge is 0.476 e. The molecule has 1 aromatic carbocycles. The third-order valence-electron chi connectivity index (χ3n) is 7.36. The van der Waals surface area contributed by atoms with Crippen molar-refractivity contribution >= 4 is 0 Å². The lowest BCUT2D eigenvalue weighted by molar-refractivity contribution is -1.00. The molecule has 4 rings (SSSR count). The molecule has 29 heavy (non-hydrogen) atoms. The molecule has 160 valence electrons. The van der Waals surface area contributed by atoms with Gasteiger partial charge in [0.1, 0.15) is 18.6 Å². The summed E-state index contributed by atoms with van der Waals surface area (Å²) in [6.45, 7) is 5.51. The summed E-state index contributed by atoms with van der Waals surface area (Å²) < 4.78 is 7.36. The number of hydrogen-bond donors (Lipinski definition) is 1. The molecule has 3 heterocycles. The van der Waals surface area contributed by atoms with Gasteiger partial charge in [-0.15, -0.1) is 0 Å². The standard InChI is InChI=1S/C25H40N3O/c1-27(22-23-13-5-4-6-14-23)17-9-12-20-29-24-21-25-15-7-2-3-10-18-28(25,26-24)19-11-8-16-25/h4-6,13-14,21,26H,2-3,7-12,15-20,22H2,1H3/q+1. The number of nitrogens with zero attached hydrogens (tertiary/aromatic N) is 2. The minimum Gasteiger partial charge on any atom is -0.476 e. The molecule has 2 saturated heterocycles. The zero-order valence-corrected chi connectivity index (χ0v) is 18.4. The summed E-state index contributed by atoms with van der Waals surface area (Å²) in [5.74, 6) is 1.08. The summed E-state index contributed by atoms with van der Waals surface area (Å²) in [4.78, 5) is 2.41. The van der Waals surface area contributed by atoms with E-state index in [-0.39, 0.29) is 0 Å². The molecule has 2 fully saturated rings. The van der Waals surface area contributed by atoms with Crippen LogP contribution in [0, 0.1) is 0 Å². The van der Waals surface area contributed by atoms with Gasteiger partial charge in [0.05, 0.1) is 6.61 Å². The summed E-state index contributed by atoms with van der Waals surface area (Å²) in [6.07, 6.45) is 15.7. The average molecular weight is 399 g/mol. The molecule has 0 amide bonds. The van der Waals surface area contributed by atoms with Crippen molar-refractivity contribution in [3.63, 3.8) is 0 Å². The molecule has 0 radical (unpaired) electrons. The van der Waals surface area contributed by atoms with Crippen LogP contribution in [0.5, 0.6) is 0 Å². The topological polar surface area (TPSA) is 24.5 Å². The number of nitrogens with one attached hydrogen (secondary N) is 1. The molecule has 0 bridgehead atoms. The van der Waals surface area contributed by atoms with Crippen molar-refractivity contribution in [3.05, 3.63) is 47.9 Å². The number of ether oxygens (including phenoxy) is 1. The maximum Gasteiger partial charge on any atom is 0.235 e. The van der Waals surface area contributed by atoms with Crippen LogP contribution in [0.2, 0.25) is 0 Å². The van der Waals surface area contributed by atoms with E-state index >= 15 is 0 Å². The normalized spacial score (nSPS) is 29.2. The number of benzene rings is 1. The van der Waals surface area contributed by atoms with Crippen molar-refractivity contribution in [2.24, 2.45) is 0 Å². The van der Waals surface area contributed by atoms with E-state index < -0.39 is 0 Å². The molecule has 4 nitrogen and oxygen atoms in total. The lowest BCUT2D eigenvalue weighted by atomic mass is 9.80. The summed E-state index contributed by atoms with van der Waals surface area (Å²) in [5, 5.41) is 0. The van der Waals surface area contributed by atoms with Gasteiger partial charge in [0.2, 0.25) is 5.88 Å². The fourth-order valence-electron chi connectivity index (χ4n) is 5.78. The molecule has 1 N–H and O–H groups in total. The maximum absolute atomic E-state index is 6.27. The number of unbranched alkanes of at least 4 members (excludes halogenated alkanes) is 1. The Labute approximate surface area is 177 Å². The molecule has 0 aromatic heterocycles. The van der Waals surface area contributed by atoms with Gasteiger partial charge in [-0.05, 0) is 64.1 Å². The van der Waals surface area contributed by atoms with Crippen molar-refractivity contribution in [2.45, 2.75) is 76.3 Å². The molecule has 0 aliphatic carbocycles. The van der Waals surface area contributed by atoms with Gasteiger partial charge in [0.15, 0.2) is 0 Å². The molecule has 0 saturated carbocycles. The van der Waals surface area contributed by atoms with Crippen LogP contribution in [0.3, 0.4) is 0 Å². The predicted octanol–water partition coefficient (Wildman–Crippen LogP) is 4.98. The highest BCUT2D eigenvalue weighted by molar-refractivity contribution is 5.14. The number of hydrogen-bond acceptors (Lipinski definition) is 3. The van der Waals surface area contributed by atoms with E-state index in [2.05, 4.69) is 53.8 Å². The lowest BCUT2D eigenvalue weighted by Crippen LogP contribution is -2.69. The van der Waals surface area contributed by atoms with Crippen molar-refractivity contribution in [1.82, 2.24) is 10.3 Å². The Balaban J connectivity index is 1.23. The second-order valence-electron chi connectivity index (χ2n) is 9.54. The van der Waals surface area contributed by atoms with E-state index in [9.17, 15) is 0 Å². The Morgan fingerprint density at radius 3 is 2.52 bits per heavy atom. The molecule has 2 atom stereocenters. The average Bonchev–Trinajstić information content (AvgIpc) is 3.02. The van der Waals surface area contributed by atoms with Crippen LogP contribution in [0.15, 0.2) is 42.3 Å². The highest BCUT2D eigenvalue weighted by atomic mass is 16.5. The molecule has 1 aromatic rings. The first kappa shape index (κ1) is 20.7. The fraction of sp³-hybridized carbons (Fsp3) is 0.680. The molecular weight excluding hydrogens is 358 g/mol. The number of rotatable bonds is 8. The second-order valence-corrected chi connectivity index (χ2v) is 9.54. The van der Waals surface area contributed by atoms with E-state index in [1.807, 2.05) is 0 Å². The lowest BCUT2D eigenvalue weighted by Gasteiger charge is -2.51.